The maximum atomic E-state index is 5.85. The Morgan fingerprint density at radius 1 is 1.53 bits per heavy atom. The minimum absolute atomic E-state index is 0.154. The van der Waals surface area contributed by atoms with Crippen LogP contribution in [0.1, 0.15) is 6.42 Å². The third-order valence-corrected chi connectivity index (χ3v) is 2.90. The van der Waals surface area contributed by atoms with Gasteiger partial charge in [-0.05, 0) is 13.5 Å². The zero-order valence-corrected chi connectivity index (χ0v) is 9.55. The van der Waals surface area contributed by atoms with Gasteiger partial charge in [0.2, 0.25) is 11.8 Å². The Bertz CT molecular complexity index is 539. The Kier molecular flexibility index (Phi) is 2.32. The third-order valence-electron chi connectivity index (χ3n) is 2.90. The zero-order valence-electron chi connectivity index (χ0n) is 9.55. The number of aromatic nitrogens is 4. The Hall–Kier alpha value is -1.89. The van der Waals surface area contributed by atoms with E-state index in [-0.39, 0.29) is 12.1 Å². The molecule has 0 radical (unpaired) electrons. The van der Waals surface area contributed by atoms with Gasteiger partial charge in [0.05, 0.1) is 6.33 Å². The number of ether oxygens (including phenoxy) is 1. The van der Waals surface area contributed by atoms with Crippen molar-refractivity contribution in [3.8, 4) is 5.88 Å². The molecule has 1 aliphatic heterocycles. The number of imidazole rings is 1. The Morgan fingerprint density at radius 3 is 3.18 bits per heavy atom. The van der Waals surface area contributed by atoms with Crippen LogP contribution in [0.2, 0.25) is 0 Å². The highest BCUT2D eigenvalue weighted by molar-refractivity contribution is 5.76. The first kappa shape index (κ1) is 10.3. The zero-order chi connectivity index (χ0) is 11.8. The van der Waals surface area contributed by atoms with E-state index in [1.54, 1.807) is 6.33 Å². The lowest BCUT2D eigenvalue weighted by atomic mass is 10.3. The van der Waals surface area contributed by atoms with Crippen LogP contribution in [0.15, 0.2) is 6.33 Å². The number of H-pyrrole nitrogens is 1. The second kappa shape index (κ2) is 3.85. The normalized spacial score (nSPS) is 21.1. The first-order chi connectivity index (χ1) is 8.22. The number of anilines is 1. The molecule has 0 saturated carbocycles. The van der Waals surface area contributed by atoms with Gasteiger partial charge in [-0.1, -0.05) is 0 Å². The van der Waals surface area contributed by atoms with Crippen molar-refractivity contribution in [1.29, 1.82) is 0 Å². The number of hydrogen-bond acceptors (Lipinski definition) is 6. The largest absolute Gasteiger partial charge is 0.471 e. The Morgan fingerprint density at radius 2 is 2.41 bits per heavy atom. The number of nitrogen functional groups attached to an aromatic ring is 1. The molecule has 1 aliphatic rings. The van der Waals surface area contributed by atoms with Crippen LogP contribution in [-0.2, 0) is 0 Å². The molecule has 2 aromatic rings. The molecule has 0 aromatic carbocycles. The predicted octanol–water partition coefficient (Wildman–Crippen LogP) is 0.0180. The molecule has 1 saturated heterocycles. The molecule has 90 valence electrons. The van der Waals surface area contributed by atoms with Crippen LogP contribution >= 0.6 is 0 Å². The van der Waals surface area contributed by atoms with Gasteiger partial charge in [-0.25, -0.2) is 4.98 Å². The summed E-state index contributed by atoms with van der Waals surface area (Å²) in [4.78, 5) is 17.4. The van der Waals surface area contributed by atoms with Crippen LogP contribution in [0.25, 0.3) is 11.2 Å². The SMILES string of the molecule is CN1CCC(Oc2nc(N)nc3nc[nH]c23)C1. The van der Waals surface area contributed by atoms with Crippen molar-refractivity contribution in [2.45, 2.75) is 12.5 Å². The molecule has 1 unspecified atom stereocenters. The van der Waals surface area contributed by atoms with E-state index in [9.17, 15) is 0 Å². The fraction of sp³-hybridized carbons (Fsp3) is 0.500. The monoisotopic (exact) mass is 234 g/mol. The molecule has 2 aromatic heterocycles. The van der Waals surface area contributed by atoms with Crippen LogP contribution in [0.3, 0.4) is 0 Å². The van der Waals surface area contributed by atoms with E-state index in [4.69, 9.17) is 10.5 Å². The molecule has 0 amide bonds. The molecule has 17 heavy (non-hydrogen) atoms. The van der Waals surface area contributed by atoms with Gasteiger partial charge in [-0.3, -0.25) is 0 Å². The highest BCUT2D eigenvalue weighted by atomic mass is 16.5. The summed E-state index contributed by atoms with van der Waals surface area (Å²) in [5.41, 5.74) is 6.86. The summed E-state index contributed by atoms with van der Waals surface area (Å²) in [6, 6.07) is 0. The number of nitrogens with zero attached hydrogens (tertiary/aromatic N) is 4. The van der Waals surface area contributed by atoms with Gasteiger partial charge in [0.15, 0.2) is 5.65 Å². The fourth-order valence-corrected chi connectivity index (χ4v) is 2.06. The smallest absolute Gasteiger partial charge is 0.245 e. The van der Waals surface area contributed by atoms with Crippen LogP contribution in [0, 0.1) is 0 Å². The maximum Gasteiger partial charge on any atom is 0.245 e. The lowest BCUT2D eigenvalue weighted by molar-refractivity contribution is 0.202. The Labute approximate surface area is 98.0 Å². The van der Waals surface area contributed by atoms with Crippen molar-refractivity contribution >= 4 is 17.1 Å². The minimum Gasteiger partial charge on any atom is -0.471 e. The summed E-state index contributed by atoms with van der Waals surface area (Å²) < 4.78 is 5.85. The molecule has 3 N–H and O–H groups in total. The molecule has 1 fully saturated rings. The van der Waals surface area contributed by atoms with Crippen molar-refractivity contribution in [3.63, 3.8) is 0 Å². The molecule has 1 atom stereocenters. The van der Waals surface area contributed by atoms with Crippen LogP contribution in [0.5, 0.6) is 5.88 Å². The van der Waals surface area contributed by atoms with E-state index < -0.39 is 0 Å². The van der Waals surface area contributed by atoms with Gasteiger partial charge < -0.3 is 20.4 Å². The molecule has 3 rings (SSSR count). The molecule has 0 aliphatic carbocycles. The number of fused-ring (bicyclic) bond motifs is 1. The number of nitrogens with one attached hydrogen (secondary N) is 1. The lowest BCUT2D eigenvalue weighted by Crippen LogP contribution is -2.22. The molecular weight excluding hydrogens is 220 g/mol. The van der Waals surface area contributed by atoms with E-state index in [0.29, 0.717) is 17.0 Å². The highest BCUT2D eigenvalue weighted by Gasteiger charge is 2.23. The van der Waals surface area contributed by atoms with Crippen LogP contribution in [-0.4, -0.2) is 51.1 Å². The van der Waals surface area contributed by atoms with E-state index >= 15 is 0 Å². The summed E-state index contributed by atoms with van der Waals surface area (Å²) in [7, 11) is 2.07. The number of nitrogens with two attached hydrogens (primary N) is 1. The summed E-state index contributed by atoms with van der Waals surface area (Å²) in [5, 5.41) is 0. The van der Waals surface area contributed by atoms with Gasteiger partial charge in [-0.2, -0.15) is 9.97 Å². The number of hydrogen-bond donors (Lipinski definition) is 2. The molecular formula is C10H14N6O. The Balaban J connectivity index is 1.91. The summed E-state index contributed by atoms with van der Waals surface area (Å²) in [5.74, 6) is 0.677. The third kappa shape index (κ3) is 1.89. The number of rotatable bonds is 2. The van der Waals surface area contributed by atoms with Crippen LogP contribution < -0.4 is 10.5 Å². The molecule has 7 nitrogen and oxygen atoms in total. The van der Waals surface area contributed by atoms with Crippen molar-refractivity contribution in [2.75, 3.05) is 25.9 Å². The van der Waals surface area contributed by atoms with Crippen molar-refractivity contribution in [3.05, 3.63) is 6.33 Å². The molecule has 7 heteroatoms. The summed E-state index contributed by atoms with van der Waals surface area (Å²) >= 11 is 0. The molecule has 3 heterocycles. The van der Waals surface area contributed by atoms with Crippen molar-refractivity contribution in [1.82, 2.24) is 24.8 Å². The number of likely N-dealkylation sites (N-methyl/N-ethyl adjacent to an activating group) is 1. The van der Waals surface area contributed by atoms with Gasteiger partial charge >= 0.3 is 0 Å². The van der Waals surface area contributed by atoms with Crippen LogP contribution in [0.4, 0.5) is 5.95 Å². The lowest BCUT2D eigenvalue weighted by Gasteiger charge is -2.13. The van der Waals surface area contributed by atoms with E-state index in [1.807, 2.05) is 0 Å². The minimum atomic E-state index is 0.154. The predicted molar refractivity (Wildman–Crippen MR) is 62.6 cm³/mol. The quantitative estimate of drug-likeness (QED) is 0.760. The van der Waals surface area contributed by atoms with Crippen molar-refractivity contribution < 1.29 is 4.74 Å². The summed E-state index contributed by atoms with van der Waals surface area (Å²) in [6.07, 6.45) is 2.71. The van der Waals surface area contributed by atoms with E-state index in [2.05, 4.69) is 31.9 Å². The number of likely N-dealkylation sites (tertiary alicyclic amines) is 1. The van der Waals surface area contributed by atoms with Gasteiger partial charge in [0.25, 0.3) is 0 Å². The topological polar surface area (TPSA) is 92.9 Å². The fourth-order valence-electron chi connectivity index (χ4n) is 2.06. The highest BCUT2D eigenvalue weighted by Crippen LogP contribution is 2.23. The average molecular weight is 234 g/mol. The first-order valence-corrected chi connectivity index (χ1v) is 5.54. The summed E-state index contributed by atoms with van der Waals surface area (Å²) in [6.45, 7) is 1.94. The average Bonchev–Trinajstić information content (AvgIpc) is 2.87. The number of aromatic amines is 1. The second-order valence-electron chi connectivity index (χ2n) is 4.28. The van der Waals surface area contributed by atoms with Gasteiger partial charge in [0, 0.05) is 13.1 Å². The van der Waals surface area contributed by atoms with Crippen molar-refractivity contribution in [2.24, 2.45) is 0 Å². The second-order valence-corrected chi connectivity index (χ2v) is 4.28. The first-order valence-electron chi connectivity index (χ1n) is 5.54. The molecule has 0 spiro atoms. The van der Waals surface area contributed by atoms with Gasteiger partial charge in [0.1, 0.15) is 11.6 Å². The van der Waals surface area contributed by atoms with E-state index in [0.717, 1.165) is 19.5 Å². The van der Waals surface area contributed by atoms with Gasteiger partial charge in [-0.15, -0.1) is 0 Å². The molecule has 0 bridgehead atoms. The standard InChI is InChI=1S/C10H14N6O/c1-16-3-2-6(4-16)17-9-7-8(13-5-12-7)14-10(11)15-9/h5-6H,2-4H2,1H3,(H3,11,12,13,14,15). The maximum absolute atomic E-state index is 5.85. The van der Waals surface area contributed by atoms with E-state index in [1.165, 1.54) is 0 Å².